The van der Waals surface area contributed by atoms with E-state index in [0.29, 0.717) is 25.4 Å². The number of carbonyl (C=O) groups is 2. The Hall–Kier alpha value is -2.76. The van der Waals surface area contributed by atoms with Crippen LogP contribution in [-0.4, -0.2) is 29.9 Å². The third-order valence-corrected chi connectivity index (χ3v) is 3.83. The van der Waals surface area contributed by atoms with Crippen LogP contribution in [0, 0.1) is 0 Å². The first-order valence-electron chi connectivity index (χ1n) is 7.67. The van der Waals surface area contributed by atoms with E-state index in [4.69, 9.17) is 4.42 Å². The molecular formula is C17H19N3O3. The predicted octanol–water partition coefficient (Wildman–Crippen LogP) is 2.62. The van der Waals surface area contributed by atoms with Gasteiger partial charge in [-0.1, -0.05) is 6.07 Å². The maximum atomic E-state index is 12.4. The molecule has 0 spiro atoms. The van der Waals surface area contributed by atoms with E-state index in [9.17, 15) is 9.59 Å². The van der Waals surface area contributed by atoms with Crippen molar-refractivity contribution in [3.05, 3.63) is 53.5 Å². The lowest BCUT2D eigenvalue weighted by Crippen LogP contribution is -2.36. The molecule has 0 bridgehead atoms. The number of amides is 3. The van der Waals surface area contributed by atoms with Crippen LogP contribution in [-0.2, 0) is 13.0 Å². The minimum absolute atomic E-state index is 0.109. The summed E-state index contributed by atoms with van der Waals surface area (Å²) in [6.45, 7) is 3.61. The average Bonchev–Trinajstić information content (AvgIpc) is 3.08. The fraction of sp³-hybridized carbons (Fsp3) is 0.294. The van der Waals surface area contributed by atoms with Gasteiger partial charge in [-0.05, 0) is 48.7 Å². The fourth-order valence-electron chi connectivity index (χ4n) is 2.70. The van der Waals surface area contributed by atoms with E-state index in [0.717, 1.165) is 17.7 Å². The van der Waals surface area contributed by atoms with Crippen molar-refractivity contribution < 1.29 is 14.0 Å². The maximum absolute atomic E-state index is 12.4. The molecule has 3 amide bonds. The van der Waals surface area contributed by atoms with E-state index < -0.39 is 0 Å². The minimum atomic E-state index is -0.230. The van der Waals surface area contributed by atoms with E-state index in [1.165, 1.54) is 11.8 Å². The van der Waals surface area contributed by atoms with Crippen molar-refractivity contribution in [2.24, 2.45) is 0 Å². The molecule has 1 aromatic heterocycles. The van der Waals surface area contributed by atoms with Gasteiger partial charge in [-0.15, -0.1) is 0 Å². The number of rotatable bonds is 3. The maximum Gasteiger partial charge on any atom is 0.319 e. The molecule has 0 aliphatic carbocycles. The zero-order chi connectivity index (χ0) is 16.2. The summed E-state index contributed by atoms with van der Waals surface area (Å²) in [4.78, 5) is 25.7. The van der Waals surface area contributed by atoms with Gasteiger partial charge in [0.1, 0.15) is 0 Å². The monoisotopic (exact) mass is 313 g/mol. The Bertz CT molecular complexity index is 710. The predicted molar refractivity (Wildman–Crippen MR) is 86.3 cm³/mol. The van der Waals surface area contributed by atoms with Gasteiger partial charge in [-0.3, -0.25) is 4.79 Å². The first kappa shape index (κ1) is 15.1. The van der Waals surface area contributed by atoms with Crippen LogP contribution in [0.15, 0.2) is 41.0 Å². The second-order valence-electron chi connectivity index (χ2n) is 5.42. The average molecular weight is 313 g/mol. The number of nitrogens with zero attached hydrogens (tertiary/aromatic N) is 1. The van der Waals surface area contributed by atoms with Crippen molar-refractivity contribution in [2.75, 3.05) is 18.4 Å². The van der Waals surface area contributed by atoms with Gasteiger partial charge in [-0.25, -0.2) is 4.79 Å². The van der Waals surface area contributed by atoms with E-state index >= 15 is 0 Å². The molecule has 6 nitrogen and oxygen atoms in total. The van der Waals surface area contributed by atoms with Crippen molar-refractivity contribution in [1.82, 2.24) is 10.2 Å². The number of nitrogens with one attached hydrogen (secondary N) is 2. The van der Waals surface area contributed by atoms with E-state index in [2.05, 4.69) is 10.6 Å². The summed E-state index contributed by atoms with van der Waals surface area (Å²) in [5.74, 6) is 0.243. The highest BCUT2D eigenvalue weighted by atomic mass is 16.3. The van der Waals surface area contributed by atoms with Gasteiger partial charge >= 0.3 is 6.03 Å². The van der Waals surface area contributed by atoms with Gasteiger partial charge in [0.05, 0.1) is 6.26 Å². The second kappa shape index (κ2) is 6.56. The Labute approximate surface area is 134 Å². The first-order chi connectivity index (χ1) is 11.2. The Kier molecular flexibility index (Phi) is 4.32. The van der Waals surface area contributed by atoms with Crippen LogP contribution < -0.4 is 10.6 Å². The molecule has 1 aliphatic heterocycles. The van der Waals surface area contributed by atoms with Crippen molar-refractivity contribution >= 4 is 17.6 Å². The molecule has 0 unspecified atom stereocenters. The quantitative estimate of drug-likeness (QED) is 0.914. The SMILES string of the molecule is CCNC(=O)Nc1ccc2c(c1)CN(C(=O)c1ccco1)CC2. The van der Waals surface area contributed by atoms with Crippen LogP contribution in [0.5, 0.6) is 0 Å². The minimum Gasteiger partial charge on any atom is -0.459 e. The molecule has 0 saturated heterocycles. The molecule has 23 heavy (non-hydrogen) atoms. The summed E-state index contributed by atoms with van der Waals surface area (Å²) >= 11 is 0. The summed E-state index contributed by atoms with van der Waals surface area (Å²) in [6.07, 6.45) is 2.29. The summed E-state index contributed by atoms with van der Waals surface area (Å²) in [6, 6.07) is 8.96. The highest BCUT2D eigenvalue weighted by molar-refractivity contribution is 5.92. The summed E-state index contributed by atoms with van der Waals surface area (Å²) < 4.78 is 5.18. The number of furan rings is 1. The van der Waals surface area contributed by atoms with Crippen molar-refractivity contribution in [3.8, 4) is 0 Å². The fourth-order valence-corrected chi connectivity index (χ4v) is 2.70. The molecule has 0 atom stereocenters. The highest BCUT2D eigenvalue weighted by Gasteiger charge is 2.23. The molecule has 1 aromatic carbocycles. The van der Waals surface area contributed by atoms with Gasteiger partial charge in [0.2, 0.25) is 0 Å². The molecule has 6 heteroatoms. The number of urea groups is 1. The van der Waals surface area contributed by atoms with Crippen LogP contribution in [0.1, 0.15) is 28.6 Å². The third-order valence-electron chi connectivity index (χ3n) is 3.83. The molecule has 0 fully saturated rings. The smallest absolute Gasteiger partial charge is 0.319 e. The van der Waals surface area contributed by atoms with E-state index in [1.54, 1.807) is 17.0 Å². The Morgan fingerprint density at radius 2 is 2.13 bits per heavy atom. The second-order valence-corrected chi connectivity index (χ2v) is 5.42. The zero-order valence-corrected chi connectivity index (χ0v) is 13.0. The molecule has 2 N–H and O–H groups in total. The van der Waals surface area contributed by atoms with Crippen LogP contribution >= 0.6 is 0 Å². The highest BCUT2D eigenvalue weighted by Crippen LogP contribution is 2.24. The number of benzene rings is 1. The number of carbonyl (C=O) groups excluding carboxylic acids is 2. The molecule has 0 saturated carbocycles. The Morgan fingerprint density at radius 1 is 1.26 bits per heavy atom. The number of hydrogen-bond acceptors (Lipinski definition) is 3. The van der Waals surface area contributed by atoms with Gasteiger partial charge < -0.3 is 20.0 Å². The standard InChI is InChI=1S/C17H19N3O3/c1-2-18-17(22)19-14-6-5-12-7-8-20(11-13(12)10-14)16(21)15-4-3-9-23-15/h3-6,9-10H,2,7-8,11H2,1H3,(H2,18,19,22). The third kappa shape index (κ3) is 3.36. The molecule has 3 rings (SSSR count). The number of anilines is 1. The lowest BCUT2D eigenvalue weighted by molar-refractivity contribution is 0.0702. The molecule has 2 aromatic rings. The molecule has 120 valence electrons. The van der Waals surface area contributed by atoms with Gasteiger partial charge in [0.25, 0.3) is 5.91 Å². The molecule has 1 aliphatic rings. The first-order valence-corrected chi connectivity index (χ1v) is 7.67. The molecule has 0 radical (unpaired) electrons. The van der Waals surface area contributed by atoms with Crippen LogP contribution in [0.4, 0.5) is 10.5 Å². The lowest BCUT2D eigenvalue weighted by Gasteiger charge is -2.28. The van der Waals surface area contributed by atoms with Crippen molar-refractivity contribution in [2.45, 2.75) is 19.9 Å². The summed E-state index contributed by atoms with van der Waals surface area (Å²) in [7, 11) is 0. The molecule has 2 heterocycles. The van der Waals surface area contributed by atoms with E-state index in [1.807, 2.05) is 25.1 Å². The molecular weight excluding hydrogens is 294 g/mol. The van der Waals surface area contributed by atoms with Crippen LogP contribution in [0.3, 0.4) is 0 Å². The van der Waals surface area contributed by atoms with Crippen molar-refractivity contribution in [1.29, 1.82) is 0 Å². The topological polar surface area (TPSA) is 74.6 Å². The summed E-state index contributed by atoms with van der Waals surface area (Å²) in [5, 5.41) is 5.49. The van der Waals surface area contributed by atoms with Gasteiger partial charge in [-0.2, -0.15) is 0 Å². The van der Waals surface area contributed by atoms with Crippen LogP contribution in [0.2, 0.25) is 0 Å². The van der Waals surface area contributed by atoms with Crippen molar-refractivity contribution in [3.63, 3.8) is 0 Å². The number of fused-ring (bicyclic) bond motifs is 1. The normalized spacial score (nSPS) is 13.3. The van der Waals surface area contributed by atoms with Crippen LogP contribution in [0.25, 0.3) is 0 Å². The Morgan fingerprint density at radius 3 is 2.87 bits per heavy atom. The lowest BCUT2D eigenvalue weighted by atomic mass is 9.99. The van der Waals surface area contributed by atoms with Gasteiger partial charge in [0.15, 0.2) is 5.76 Å². The largest absolute Gasteiger partial charge is 0.459 e. The van der Waals surface area contributed by atoms with E-state index in [-0.39, 0.29) is 11.9 Å². The zero-order valence-electron chi connectivity index (χ0n) is 13.0. The number of hydrogen-bond donors (Lipinski definition) is 2. The van der Waals surface area contributed by atoms with Gasteiger partial charge in [0, 0.05) is 25.3 Å². The summed E-state index contributed by atoms with van der Waals surface area (Å²) in [5.41, 5.74) is 2.97. The Balaban J connectivity index is 1.74.